The van der Waals surface area contributed by atoms with E-state index >= 15 is 0 Å². The zero-order chi connectivity index (χ0) is 13.4. The van der Waals surface area contributed by atoms with Crippen molar-refractivity contribution in [2.24, 2.45) is 17.8 Å². The summed E-state index contributed by atoms with van der Waals surface area (Å²) in [7, 11) is 0. The maximum atomic E-state index is 11.8. The maximum Gasteiger partial charge on any atom is 0.321 e. The van der Waals surface area contributed by atoms with E-state index in [1.807, 2.05) is 0 Å². The highest BCUT2D eigenvalue weighted by Crippen LogP contribution is 2.48. The Morgan fingerprint density at radius 2 is 2.16 bits per heavy atom. The molecular weight excluding hydrogens is 268 g/mol. The number of amides is 2. The van der Waals surface area contributed by atoms with E-state index in [9.17, 15) is 14.7 Å². The molecule has 2 aliphatic rings. The van der Waals surface area contributed by atoms with Crippen LogP contribution in [0.15, 0.2) is 5.51 Å². The number of carboxylic acids is 1. The Morgan fingerprint density at radius 3 is 2.84 bits per heavy atom. The molecule has 0 aromatic carbocycles. The van der Waals surface area contributed by atoms with E-state index < -0.39 is 17.9 Å². The molecule has 2 saturated carbocycles. The lowest BCUT2D eigenvalue weighted by Crippen LogP contribution is -2.48. The minimum Gasteiger partial charge on any atom is -0.481 e. The third-order valence-electron chi connectivity index (χ3n) is 4.08. The molecule has 8 heteroatoms. The Morgan fingerprint density at radius 1 is 1.37 bits per heavy atom. The molecule has 1 aromatic rings. The zero-order valence-electron chi connectivity index (χ0n) is 10.1. The summed E-state index contributed by atoms with van der Waals surface area (Å²) in [4.78, 5) is 23.1. The molecule has 0 aliphatic heterocycles. The molecule has 0 saturated heterocycles. The fourth-order valence-electron chi connectivity index (χ4n) is 3.37. The van der Waals surface area contributed by atoms with Crippen LogP contribution in [0.3, 0.4) is 0 Å². The van der Waals surface area contributed by atoms with Gasteiger partial charge in [0.15, 0.2) is 0 Å². The molecular formula is C11H14N4O3S. The molecule has 4 atom stereocenters. The van der Waals surface area contributed by atoms with Crippen LogP contribution in [0, 0.1) is 17.8 Å². The summed E-state index contributed by atoms with van der Waals surface area (Å²) in [6.07, 6.45) is 2.86. The first-order valence-electron chi connectivity index (χ1n) is 6.21. The number of urea groups is 1. The number of carboxylic acid groups (broad SMARTS) is 1. The second-order valence-corrected chi connectivity index (χ2v) is 5.90. The first-order valence-corrected chi connectivity index (χ1v) is 7.09. The van der Waals surface area contributed by atoms with E-state index in [1.165, 1.54) is 16.8 Å². The highest BCUT2D eigenvalue weighted by Gasteiger charge is 2.51. The van der Waals surface area contributed by atoms with Gasteiger partial charge in [0.1, 0.15) is 5.51 Å². The Hall–Kier alpha value is -1.70. The Bertz CT molecular complexity index is 492. The SMILES string of the molecule is O=C(Nc1nncs1)NC1C2CCC(C2)C1C(=O)O. The third-order valence-corrected chi connectivity index (χ3v) is 4.69. The number of nitrogens with zero attached hydrogens (tertiary/aromatic N) is 2. The molecule has 2 fully saturated rings. The minimum absolute atomic E-state index is 0.203. The topological polar surface area (TPSA) is 104 Å². The number of nitrogens with one attached hydrogen (secondary N) is 2. The monoisotopic (exact) mass is 282 g/mol. The predicted molar refractivity (Wildman–Crippen MR) is 67.8 cm³/mol. The summed E-state index contributed by atoms with van der Waals surface area (Å²) in [5.74, 6) is -0.784. The van der Waals surface area contributed by atoms with Crippen molar-refractivity contribution in [1.82, 2.24) is 15.5 Å². The second kappa shape index (κ2) is 4.76. The molecule has 102 valence electrons. The van der Waals surface area contributed by atoms with Gasteiger partial charge in [-0.05, 0) is 31.1 Å². The number of carbonyl (C=O) groups excluding carboxylic acids is 1. The van der Waals surface area contributed by atoms with Gasteiger partial charge in [-0.3, -0.25) is 10.1 Å². The number of aromatic nitrogens is 2. The number of aliphatic carboxylic acids is 1. The summed E-state index contributed by atoms with van der Waals surface area (Å²) < 4.78 is 0. The summed E-state index contributed by atoms with van der Waals surface area (Å²) in [5.41, 5.74) is 1.52. The fraction of sp³-hybridized carbons (Fsp3) is 0.636. The van der Waals surface area contributed by atoms with Gasteiger partial charge in [-0.15, -0.1) is 10.2 Å². The molecule has 2 aliphatic carbocycles. The van der Waals surface area contributed by atoms with Crippen LogP contribution in [-0.4, -0.2) is 33.3 Å². The van der Waals surface area contributed by atoms with Crippen LogP contribution in [0.2, 0.25) is 0 Å². The van der Waals surface area contributed by atoms with Gasteiger partial charge in [-0.25, -0.2) is 4.79 Å². The normalized spacial score (nSPS) is 32.2. The second-order valence-electron chi connectivity index (χ2n) is 5.07. The van der Waals surface area contributed by atoms with E-state index in [2.05, 4.69) is 20.8 Å². The molecule has 3 N–H and O–H groups in total. The van der Waals surface area contributed by atoms with Crippen LogP contribution < -0.4 is 10.6 Å². The van der Waals surface area contributed by atoms with Crippen molar-refractivity contribution in [3.05, 3.63) is 5.51 Å². The van der Waals surface area contributed by atoms with Crippen molar-refractivity contribution in [2.75, 3.05) is 5.32 Å². The maximum absolute atomic E-state index is 11.8. The number of hydrogen-bond acceptors (Lipinski definition) is 5. The molecule has 4 unspecified atom stereocenters. The van der Waals surface area contributed by atoms with Gasteiger partial charge >= 0.3 is 12.0 Å². The number of anilines is 1. The van der Waals surface area contributed by atoms with Gasteiger partial charge in [-0.1, -0.05) is 11.3 Å². The van der Waals surface area contributed by atoms with Gasteiger partial charge in [0, 0.05) is 6.04 Å². The Kier molecular flexibility index (Phi) is 3.09. The van der Waals surface area contributed by atoms with Crippen molar-refractivity contribution in [2.45, 2.75) is 25.3 Å². The number of fused-ring (bicyclic) bond motifs is 2. The number of rotatable bonds is 3. The molecule has 0 spiro atoms. The summed E-state index contributed by atoms with van der Waals surface area (Å²) in [6, 6.07) is -0.676. The molecule has 1 aromatic heterocycles. The molecule has 7 nitrogen and oxygen atoms in total. The van der Waals surface area contributed by atoms with Crippen molar-refractivity contribution >= 4 is 28.5 Å². The van der Waals surface area contributed by atoms with Crippen molar-refractivity contribution in [3.63, 3.8) is 0 Å². The molecule has 3 rings (SSSR count). The third kappa shape index (κ3) is 2.27. The highest BCUT2D eigenvalue weighted by atomic mass is 32.1. The van der Waals surface area contributed by atoms with Crippen molar-refractivity contribution < 1.29 is 14.7 Å². The van der Waals surface area contributed by atoms with Gasteiger partial charge in [-0.2, -0.15) is 0 Å². The van der Waals surface area contributed by atoms with Gasteiger partial charge in [0.2, 0.25) is 5.13 Å². The molecule has 19 heavy (non-hydrogen) atoms. The van der Waals surface area contributed by atoms with E-state index in [4.69, 9.17) is 0 Å². The van der Waals surface area contributed by atoms with Crippen LogP contribution >= 0.6 is 11.3 Å². The van der Waals surface area contributed by atoms with E-state index in [-0.39, 0.29) is 17.9 Å². The number of hydrogen-bond donors (Lipinski definition) is 3. The zero-order valence-corrected chi connectivity index (χ0v) is 10.9. The number of carbonyl (C=O) groups is 2. The van der Waals surface area contributed by atoms with Gasteiger partial charge in [0.25, 0.3) is 0 Å². The standard InChI is InChI=1S/C11H14N4O3S/c16-9(17)7-5-1-2-6(3-5)8(7)13-10(18)14-11-15-12-4-19-11/h4-8H,1-3H2,(H,16,17)(H2,13,14,15,18). The van der Waals surface area contributed by atoms with Crippen LogP contribution in [0.5, 0.6) is 0 Å². The van der Waals surface area contributed by atoms with Crippen molar-refractivity contribution in [3.8, 4) is 0 Å². The first-order chi connectivity index (χ1) is 9.15. The highest BCUT2D eigenvalue weighted by molar-refractivity contribution is 7.13. The van der Waals surface area contributed by atoms with Crippen LogP contribution in [0.25, 0.3) is 0 Å². The van der Waals surface area contributed by atoms with Gasteiger partial charge < -0.3 is 10.4 Å². The lowest BCUT2D eigenvalue weighted by atomic mass is 9.84. The summed E-state index contributed by atoms with van der Waals surface area (Å²) in [6.45, 7) is 0. The summed E-state index contributed by atoms with van der Waals surface area (Å²) in [5, 5.41) is 22.4. The largest absolute Gasteiger partial charge is 0.481 e. The van der Waals surface area contributed by atoms with E-state index in [1.54, 1.807) is 0 Å². The molecule has 2 bridgehead atoms. The predicted octanol–water partition coefficient (Wildman–Crippen LogP) is 1.16. The summed E-state index contributed by atoms with van der Waals surface area (Å²) >= 11 is 1.22. The van der Waals surface area contributed by atoms with Crippen LogP contribution in [0.4, 0.5) is 9.93 Å². The van der Waals surface area contributed by atoms with Crippen LogP contribution in [0.1, 0.15) is 19.3 Å². The smallest absolute Gasteiger partial charge is 0.321 e. The van der Waals surface area contributed by atoms with Crippen molar-refractivity contribution in [1.29, 1.82) is 0 Å². The lowest BCUT2D eigenvalue weighted by Gasteiger charge is -2.28. The molecule has 0 radical (unpaired) electrons. The average molecular weight is 282 g/mol. The minimum atomic E-state index is -0.812. The quantitative estimate of drug-likeness (QED) is 0.771. The fourth-order valence-corrected chi connectivity index (χ4v) is 3.81. The lowest BCUT2D eigenvalue weighted by molar-refractivity contribution is -0.144. The Labute approximate surface area is 113 Å². The molecule has 2 amide bonds. The van der Waals surface area contributed by atoms with E-state index in [0.717, 1.165) is 19.3 Å². The average Bonchev–Trinajstić information content (AvgIpc) is 3.03. The van der Waals surface area contributed by atoms with Crippen LogP contribution in [-0.2, 0) is 4.79 Å². The van der Waals surface area contributed by atoms with E-state index in [0.29, 0.717) is 5.13 Å². The Balaban J connectivity index is 1.65. The first kappa shape index (κ1) is 12.3. The van der Waals surface area contributed by atoms with Gasteiger partial charge in [0.05, 0.1) is 5.92 Å². The molecule has 1 heterocycles.